The Labute approximate surface area is 125 Å². The largest absolute Gasteiger partial charge is 0.292 e. The number of nitro groups is 1. The topological polar surface area (TPSA) is 58.7 Å². The van der Waals surface area contributed by atoms with Crippen LogP contribution in [0.3, 0.4) is 0 Å². The molecule has 0 amide bonds. The van der Waals surface area contributed by atoms with E-state index in [1.165, 1.54) is 12.5 Å². The molecule has 0 aliphatic carbocycles. The lowest BCUT2D eigenvalue weighted by Gasteiger charge is -2.36. The van der Waals surface area contributed by atoms with Gasteiger partial charge in [-0.3, -0.25) is 15.1 Å². The van der Waals surface area contributed by atoms with Crippen molar-refractivity contribution in [1.82, 2.24) is 5.01 Å². The van der Waals surface area contributed by atoms with Gasteiger partial charge in [-0.2, -0.15) is 5.10 Å². The van der Waals surface area contributed by atoms with Gasteiger partial charge in [0.25, 0.3) is 5.69 Å². The molecule has 0 radical (unpaired) electrons. The molecule has 2 rings (SSSR count). The number of hydrogen-bond acceptors (Lipinski definition) is 4. The van der Waals surface area contributed by atoms with E-state index in [9.17, 15) is 10.1 Å². The summed E-state index contributed by atoms with van der Waals surface area (Å²) in [6.07, 6.45) is 8.78. The summed E-state index contributed by atoms with van der Waals surface area (Å²) in [5, 5.41) is 17.5. The summed E-state index contributed by atoms with van der Waals surface area (Å²) in [5.41, 5.74) is 0.704. The molecule has 1 aromatic carbocycles. The summed E-state index contributed by atoms with van der Waals surface area (Å²) in [7, 11) is 0. The molecule has 2 atom stereocenters. The number of hydrogen-bond donors (Lipinski definition) is 0. The van der Waals surface area contributed by atoms with E-state index in [1.807, 2.05) is 0 Å². The summed E-state index contributed by atoms with van der Waals surface area (Å²) in [6.45, 7) is 4.36. The average molecular weight is 287 g/mol. The summed E-state index contributed by atoms with van der Waals surface area (Å²) in [5.74, 6) is 0. The van der Waals surface area contributed by atoms with Crippen LogP contribution >= 0.6 is 0 Å². The molecule has 0 aromatic heterocycles. The van der Waals surface area contributed by atoms with E-state index in [4.69, 9.17) is 0 Å². The second-order valence-electron chi connectivity index (χ2n) is 5.45. The molecule has 0 bridgehead atoms. The Kier molecular flexibility index (Phi) is 5.09. The van der Waals surface area contributed by atoms with Gasteiger partial charge in [-0.15, -0.1) is 0 Å². The highest BCUT2D eigenvalue weighted by atomic mass is 16.6. The molecular formula is C16H21N3O2. The van der Waals surface area contributed by atoms with Gasteiger partial charge >= 0.3 is 0 Å². The van der Waals surface area contributed by atoms with Gasteiger partial charge in [-0.25, -0.2) is 0 Å². The van der Waals surface area contributed by atoms with Crippen molar-refractivity contribution in [3.8, 4) is 0 Å². The summed E-state index contributed by atoms with van der Waals surface area (Å²) in [6, 6.07) is 7.59. The predicted octanol–water partition coefficient (Wildman–Crippen LogP) is 3.86. The quantitative estimate of drug-likeness (QED) is 0.480. The fraction of sp³-hybridized carbons (Fsp3) is 0.438. The maximum Gasteiger partial charge on any atom is 0.276 e. The van der Waals surface area contributed by atoms with Crippen molar-refractivity contribution < 1.29 is 4.92 Å². The monoisotopic (exact) mass is 287 g/mol. The summed E-state index contributed by atoms with van der Waals surface area (Å²) < 4.78 is 0. The van der Waals surface area contributed by atoms with E-state index >= 15 is 0 Å². The van der Waals surface area contributed by atoms with Gasteiger partial charge in [0.05, 0.1) is 10.5 Å². The molecule has 0 spiro atoms. The van der Waals surface area contributed by atoms with Crippen LogP contribution in [0, 0.1) is 10.1 Å². The Morgan fingerprint density at radius 3 is 2.62 bits per heavy atom. The van der Waals surface area contributed by atoms with Crippen LogP contribution in [0.5, 0.6) is 0 Å². The second kappa shape index (κ2) is 7.02. The van der Waals surface area contributed by atoms with Crippen LogP contribution in [0.4, 0.5) is 5.69 Å². The smallest absolute Gasteiger partial charge is 0.276 e. The minimum atomic E-state index is -0.369. The Morgan fingerprint density at radius 1 is 1.29 bits per heavy atom. The van der Waals surface area contributed by atoms with Crippen molar-refractivity contribution in [2.75, 3.05) is 0 Å². The number of rotatable bonds is 4. The third-order valence-electron chi connectivity index (χ3n) is 3.84. The highest BCUT2D eigenvalue weighted by Gasteiger charge is 2.22. The van der Waals surface area contributed by atoms with Crippen LogP contribution in [0.2, 0.25) is 0 Å². The van der Waals surface area contributed by atoms with Crippen LogP contribution in [-0.2, 0) is 0 Å². The maximum atomic E-state index is 10.9. The predicted molar refractivity (Wildman–Crippen MR) is 85.2 cm³/mol. The van der Waals surface area contributed by atoms with Crippen LogP contribution in [0.1, 0.15) is 38.7 Å². The second-order valence-corrected chi connectivity index (χ2v) is 5.45. The molecule has 1 saturated heterocycles. The van der Waals surface area contributed by atoms with Gasteiger partial charge in [0.2, 0.25) is 0 Å². The van der Waals surface area contributed by atoms with Gasteiger partial charge in [0, 0.05) is 24.4 Å². The SMILES string of the molecule is CC1CCCC(C)N1/N=C/C=C/c1ccccc1[N+](=O)[O-]. The molecule has 1 fully saturated rings. The third kappa shape index (κ3) is 3.90. The van der Waals surface area contributed by atoms with E-state index < -0.39 is 0 Å². The maximum absolute atomic E-state index is 10.9. The lowest BCUT2D eigenvalue weighted by molar-refractivity contribution is -0.385. The zero-order valence-corrected chi connectivity index (χ0v) is 12.5. The van der Waals surface area contributed by atoms with Crippen LogP contribution in [0.25, 0.3) is 6.08 Å². The van der Waals surface area contributed by atoms with Crippen LogP contribution < -0.4 is 0 Å². The molecule has 1 aromatic rings. The summed E-state index contributed by atoms with van der Waals surface area (Å²) in [4.78, 5) is 10.5. The normalized spacial score (nSPS) is 23.0. The van der Waals surface area contributed by atoms with Crippen molar-refractivity contribution >= 4 is 18.0 Å². The van der Waals surface area contributed by atoms with E-state index in [2.05, 4.69) is 24.0 Å². The highest BCUT2D eigenvalue weighted by Crippen LogP contribution is 2.22. The van der Waals surface area contributed by atoms with Gasteiger partial charge < -0.3 is 0 Å². The van der Waals surface area contributed by atoms with Crippen molar-refractivity contribution in [2.45, 2.75) is 45.2 Å². The molecule has 1 heterocycles. The first kappa shape index (κ1) is 15.2. The zero-order valence-electron chi connectivity index (χ0n) is 12.5. The molecule has 21 heavy (non-hydrogen) atoms. The highest BCUT2D eigenvalue weighted by molar-refractivity contribution is 5.79. The molecule has 0 N–H and O–H groups in total. The lowest BCUT2D eigenvalue weighted by atomic mass is 10.00. The average Bonchev–Trinajstić information content (AvgIpc) is 2.46. The molecule has 2 unspecified atom stereocenters. The molecule has 0 saturated carbocycles. The number of piperidine rings is 1. The van der Waals surface area contributed by atoms with Crippen molar-refractivity contribution in [2.24, 2.45) is 5.10 Å². The first-order chi connectivity index (χ1) is 10.1. The number of allylic oxidation sites excluding steroid dienone is 1. The number of nitro benzene ring substituents is 1. The molecule has 1 aliphatic rings. The molecular weight excluding hydrogens is 266 g/mol. The zero-order chi connectivity index (χ0) is 15.2. The van der Waals surface area contributed by atoms with E-state index in [0.29, 0.717) is 17.6 Å². The number of benzene rings is 1. The minimum Gasteiger partial charge on any atom is -0.292 e. The first-order valence-electron chi connectivity index (χ1n) is 7.32. The van der Waals surface area contributed by atoms with Crippen molar-refractivity contribution in [1.29, 1.82) is 0 Å². The number of hydrazone groups is 1. The Morgan fingerprint density at radius 2 is 1.95 bits per heavy atom. The van der Waals surface area contributed by atoms with Crippen LogP contribution in [-0.4, -0.2) is 28.2 Å². The van der Waals surface area contributed by atoms with E-state index in [1.54, 1.807) is 36.6 Å². The van der Waals surface area contributed by atoms with Gasteiger partial charge in [0.1, 0.15) is 0 Å². The van der Waals surface area contributed by atoms with Gasteiger partial charge in [0.15, 0.2) is 0 Å². The first-order valence-corrected chi connectivity index (χ1v) is 7.32. The fourth-order valence-corrected chi connectivity index (χ4v) is 2.69. The number of nitrogens with zero attached hydrogens (tertiary/aromatic N) is 3. The minimum absolute atomic E-state index is 0.113. The third-order valence-corrected chi connectivity index (χ3v) is 3.84. The number of para-hydroxylation sites is 1. The Hall–Kier alpha value is -2.17. The van der Waals surface area contributed by atoms with Crippen molar-refractivity contribution in [3.05, 3.63) is 46.0 Å². The molecule has 1 aliphatic heterocycles. The van der Waals surface area contributed by atoms with Crippen LogP contribution in [0.15, 0.2) is 35.4 Å². The standard InChI is InChI=1S/C16H21N3O2/c1-13-7-5-8-14(2)18(13)17-12-6-10-15-9-3-4-11-16(15)19(20)21/h3-4,6,9-14H,5,7-8H2,1-2H3/b10-6+,17-12+. The Balaban J connectivity index is 2.05. The van der Waals surface area contributed by atoms with E-state index in [0.717, 1.165) is 12.8 Å². The molecule has 5 nitrogen and oxygen atoms in total. The molecule has 112 valence electrons. The van der Waals surface area contributed by atoms with Gasteiger partial charge in [-0.05, 0) is 51.3 Å². The van der Waals surface area contributed by atoms with Gasteiger partial charge in [-0.1, -0.05) is 12.1 Å². The summed E-state index contributed by atoms with van der Waals surface area (Å²) >= 11 is 0. The van der Waals surface area contributed by atoms with Crippen molar-refractivity contribution in [3.63, 3.8) is 0 Å². The Bertz CT molecular complexity index is 544. The fourth-order valence-electron chi connectivity index (χ4n) is 2.69. The lowest BCUT2D eigenvalue weighted by Crippen LogP contribution is -2.39. The van der Waals surface area contributed by atoms with E-state index in [-0.39, 0.29) is 10.6 Å². The molecule has 5 heteroatoms.